The van der Waals surface area contributed by atoms with E-state index in [2.05, 4.69) is 20.2 Å². The van der Waals surface area contributed by atoms with Crippen molar-refractivity contribution in [3.8, 4) is 5.82 Å². The average molecular weight is 588 g/mol. The number of aromatic nitrogens is 6. The quantitative estimate of drug-likeness (QED) is 0.300. The molecule has 4 aromatic heterocycles. The Kier molecular flexibility index (Phi) is 6.24. The number of aryl methyl sites for hydroxylation is 2. The normalized spacial score (nSPS) is 22.0. The van der Waals surface area contributed by atoms with Crippen LogP contribution in [0, 0.1) is 18.2 Å². The third-order valence-corrected chi connectivity index (χ3v) is 10.6. The second-order valence-electron chi connectivity index (χ2n) is 11.6. The number of rotatable bonds is 7. The fourth-order valence-corrected chi connectivity index (χ4v) is 8.44. The molecule has 0 amide bonds. The third kappa shape index (κ3) is 4.40. The predicted octanol–water partition coefficient (Wildman–Crippen LogP) is 4.06. The van der Waals surface area contributed by atoms with Gasteiger partial charge in [0.1, 0.15) is 16.4 Å². The van der Waals surface area contributed by atoms with E-state index in [9.17, 15) is 17.6 Å². The van der Waals surface area contributed by atoms with Gasteiger partial charge in [-0.1, -0.05) is 5.57 Å². The first-order valence-electron chi connectivity index (χ1n) is 14.1. The van der Waals surface area contributed by atoms with Gasteiger partial charge in [-0.2, -0.15) is 14.5 Å². The highest BCUT2D eigenvalue weighted by Gasteiger charge is 2.53. The molecule has 0 unspecified atom stereocenters. The Morgan fingerprint density at radius 2 is 1.90 bits per heavy atom. The lowest BCUT2D eigenvalue weighted by atomic mass is 9.60. The van der Waals surface area contributed by atoms with Crippen LogP contribution in [0.5, 0.6) is 0 Å². The Morgan fingerprint density at radius 1 is 1.07 bits per heavy atom. The van der Waals surface area contributed by atoms with Gasteiger partial charge in [0.05, 0.1) is 29.7 Å². The molecule has 0 aromatic carbocycles. The van der Waals surface area contributed by atoms with Gasteiger partial charge in [0.2, 0.25) is 10.0 Å². The standard InChI is InChI=1S/C30H30FN7O3S/c1-19-9-10-32-26(11-19)29(39)30-13-20-15-35-37(28-8-4-22(31)16-33-28)27(20)12-21(30)3-5-24(14-30)38(23-6-7-23)42(40,41)25-17-34-36(2)18-25/h4,8-12,15-18,23-24H,3,5-7,13-14H2,1-2H3/t24-,30-/m0/s1. The molecule has 2 saturated carbocycles. The zero-order valence-electron chi connectivity index (χ0n) is 23.3. The lowest BCUT2D eigenvalue weighted by molar-refractivity contribution is 0.0733. The molecule has 4 aromatic rings. The van der Waals surface area contributed by atoms with E-state index in [1.54, 1.807) is 40.6 Å². The topological polar surface area (TPSA) is 116 Å². The van der Waals surface area contributed by atoms with Crippen LogP contribution in [0.2, 0.25) is 0 Å². The van der Waals surface area contributed by atoms with Crippen molar-refractivity contribution in [1.29, 1.82) is 0 Å². The summed E-state index contributed by atoms with van der Waals surface area (Å²) in [6, 6.07) is 6.08. The number of sulfonamides is 1. The molecule has 0 spiro atoms. The molecule has 7 rings (SSSR count). The monoisotopic (exact) mass is 587 g/mol. The number of allylic oxidation sites excluding steroid dienone is 1. The van der Waals surface area contributed by atoms with E-state index in [4.69, 9.17) is 0 Å². The zero-order chi connectivity index (χ0) is 29.2. The fourth-order valence-electron chi connectivity index (χ4n) is 6.56. The van der Waals surface area contributed by atoms with Gasteiger partial charge in [-0.15, -0.1) is 0 Å². The molecule has 4 heterocycles. The Hall–Kier alpha value is -4.03. The number of ketones is 1. The first-order valence-corrected chi connectivity index (χ1v) is 15.5. The summed E-state index contributed by atoms with van der Waals surface area (Å²) in [6.45, 7) is 1.92. The minimum absolute atomic E-state index is 0.0959. The third-order valence-electron chi connectivity index (χ3n) is 8.67. The van der Waals surface area contributed by atoms with Crippen molar-refractivity contribution in [2.45, 2.75) is 62.4 Å². The van der Waals surface area contributed by atoms with Crippen molar-refractivity contribution in [2.75, 3.05) is 0 Å². The van der Waals surface area contributed by atoms with Gasteiger partial charge in [-0.3, -0.25) is 14.5 Å². The molecular formula is C30H30FN7O3S. The van der Waals surface area contributed by atoms with Crippen LogP contribution >= 0.6 is 0 Å². The average Bonchev–Trinajstić information content (AvgIpc) is 3.55. The summed E-state index contributed by atoms with van der Waals surface area (Å²) in [5.41, 5.74) is 2.87. The van der Waals surface area contributed by atoms with E-state index in [0.717, 1.165) is 41.4 Å². The van der Waals surface area contributed by atoms with Gasteiger partial charge >= 0.3 is 0 Å². The molecular weight excluding hydrogens is 557 g/mol. The van der Waals surface area contributed by atoms with E-state index in [1.807, 2.05) is 19.1 Å². The molecule has 0 bridgehead atoms. The summed E-state index contributed by atoms with van der Waals surface area (Å²) in [7, 11) is -2.13. The molecule has 0 saturated heterocycles. The van der Waals surface area contributed by atoms with Crippen LogP contribution in [0.1, 0.15) is 59.4 Å². The van der Waals surface area contributed by atoms with Gasteiger partial charge in [0.25, 0.3) is 0 Å². The zero-order valence-corrected chi connectivity index (χ0v) is 24.1. The molecule has 0 N–H and O–H groups in total. The van der Waals surface area contributed by atoms with Crippen LogP contribution in [-0.4, -0.2) is 60.1 Å². The number of nitrogens with zero attached hydrogens (tertiary/aromatic N) is 7. The maximum absolute atomic E-state index is 14.5. The van der Waals surface area contributed by atoms with E-state index < -0.39 is 21.3 Å². The number of hydrogen-bond donors (Lipinski definition) is 0. The molecule has 2 fully saturated rings. The van der Waals surface area contributed by atoms with Gasteiger partial charge in [0.15, 0.2) is 11.6 Å². The maximum Gasteiger partial charge on any atom is 0.246 e. The fraction of sp³-hybridized carbons (Fsp3) is 0.367. The summed E-state index contributed by atoms with van der Waals surface area (Å²) in [6.07, 6.45) is 12.8. The molecule has 216 valence electrons. The van der Waals surface area contributed by atoms with E-state index in [1.165, 1.54) is 23.1 Å². The number of halogens is 1. The Morgan fingerprint density at radius 3 is 2.60 bits per heavy atom. The molecule has 0 aliphatic heterocycles. The minimum atomic E-state index is -3.83. The van der Waals surface area contributed by atoms with Crippen LogP contribution < -0.4 is 0 Å². The van der Waals surface area contributed by atoms with Gasteiger partial charge in [-0.25, -0.2) is 22.5 Å². The number of carbonyl (C=O) groups is 1. The minimum Gasteiger partial charge on any atom is -0.291 e. The summed E-state index contributed by atoms with van der Waals surface area (Å²) < 4.78 is 46.3. The van der Waals surface area contributed by atoms with Crippen LogP contribution in [0.3, 0.4) is 0 Å². The number of hydrogen-bond acceptors (Lipinski definition) is 7. The van der Waals surface area contributed by atoms with Gasteiger partial charge in [-0.05, 0) is 86.9 Å². The van der Waals surface area contributed by atoms with E-state index >= 15 is 0 Å². The summed E-state index contributed by atoms with van der Waals surface area (Å²) >= 11 is 0. The Bertz CT molecular complexity index is 1840. The smallest absolute Gasteiger partial charge is 0.246 e. The highest BCUT2D eigenvalue weighted by Crippen LogP contribution is 2.52. The number of carbonyl (C=O) groups excluding carboxylic acids is 1. The maximum atomic E-state index is 14.5. The van der Waals surface area contributed by atoms with Crippen LogP contribution in [0.25, 0.3) is 11.9 Å². The van der Waals surface area contributed by atoms with Crippen molar-refractivity contribution in [3.63, 3.8) is 0 Å². The number of fused-ring (bicyclic) bond motifs is 2. The SMILES string of the molecule is Cc1ccnc(C(=O)[C@]23Cc4cnn(-c5ccc(F)cn5)c4C=C2CC[C@H](N(C2CC2)S(=O)(=O)c2cnn(C)c2)C3)c1. The van der Waals surface area contributed by atoms with Crippen molar-refractivity contribution in [2.24, 2.45) is 12.5 Å². The largest absolute Gasteiger partial charge is 0.291 e. The molecule has 3 aliphatic carbocycles. The lowest BCUT2D eigenvalue weighted by Gasteiger charge is -2.46. The lowest BCUT2D eigenvalue weighted by Crippen LogP contribution is -2.51. The second kappa shape index (κ2) is 9.77. The molecule has 12 heteroatoms. The van der Waals surface area contributed by atoms with Crippen molar-refractivity contribution in [3.05, 3.63) is 89.2 Å². The first-order chi connectivity index (χ1) is 20.2. The number of pyridine rings is 2. The summed E-state index contributed by atoms with van der Waals surface area (Å²) in [4.78, 5) is 23.4. The highest BCUT2D eigenvalue weighted by atomic mass is 32.2. The molecule has 0 radical (unpaired) electrons. The Balaban J connectivity index is 1.32. The predicted molar refractivity (Wildman–Crippen MR) is 152 cm³/mol. The molecule has 10 nitrogen and oxygen atoms in total. The number of Topliss-reactive ketones (excluding diaryl/α,β-unsaturated/α-hetero) is 1. The highest BCUT2D eigenvalue weighted by molar-refractivity contribution is 7.89. The molecule has 2 atom stereocenters. The van der Waals surface area contributed by atoms with Crippen molar-refractivity contribution >= 4 is 21.9 Å². The van der Waals surface area contributed by atoms with Crippen LogP contribution in [0.4, 0.5) is 4.39 Å². The van der Waals surface area contributed by atoms with Crippen LogP contribution in [0.15, 0.2) is 65.7 Å². The Labute approximate surface area is 243 Å². The van der Waals surface area contributed by atoms with Crippen molar-refractivity contribution in [1.82, 2.24) is 33.8 Å². The second-order valence-corrected chi connectivity index (χ2v) is 13.4. The van der Waals surface area contributed by atoms with E-state index in [-0.39, 0.29) is 22.8 Å². The molecule has 42 heavy (non-hydrogen) atoms. The van der Waals surface area contributed by atoms with Gasteiger partial charge < -0.3 is 0 Å². The first kappa shape index (κ1) is 26.8. The van der Waals surface area contributed by atoms with E-state index in [0.29, 0.717) is 37.2 Å². The molecule has 3 aliphatic rings. The van der Waals surface area contributed by atoms with Gasteiger partial charge in [0, 0.05) is 31.5 Å². The van der Waals surface area contributed by atoms with Crippen LogP contribution in [-0.2, 0) is 23.5 Å². The summed E-state index contributed by atoms with van der Waals surface area (Å²) in [5.74, 6) is -0.0759. The van der Waals surface area contributed by atoms with Crippen molar-refractivity contribution < 1.29 is 17.6 Å². The summed E-state index contributed by atoms with van der Waals surface area (Å²) in [5, 5.41) is 8.66.